The SMILES string of the molecule is CC(CC(N)=S)NC(=O)c1ccc(O)c(Cl)c1. The van der Waals surface area contributed by atoms with Crippen molar-refractivity contribution in [1.82, 2.24) is 5.32 Å². The maximum atomic E-state index is 11.8. The average Bonchev–Trinajstić information content (AvgIpc) is 2.20. The van der Waals surface area contributed by atoms with Gasteiger partial charge in [0.25, 0.3) is 5.91 Å². The lowest BCUT2D eigenvalue weighted by Gasteiger charge is -2.13. The molecule has 0 saturated carbocycles. The first-order valence-electron chi connectivity index (χ1n) is 4.98. The lowest BCUT2D eigenvalue weighted by Crippen LogP contribution is -2.35. The van der Waals surface area contributed by atoms with Crippen molar-refractivity contribution < 1.29 is 9.90 Å². The van der Waals surface area contributed by atoms with Crippen LogP contribution in [0.1, 0.15) is 23.7 Å². The molecular weight excluding hydrogens is 260 g/mol. The highest BCUT2D eigenvalue weighted by molar-refractivity contribution is 7.80. The Morgan fingerprint density at radius 1 is 1.65 bits per heavy atom. The van der Waals surface area contributed by atoms with E-state index in [-0.39, 0.29) is 22.7 Å². The minimum absolute atomic E-state index is 0.0561. The second kappa shape index (κ2) is 5.84. The van der Waals surface area contributed by atoms with Gasteiger partial charge in [0, 0.05) is 18.0 Å². The summed E-state index contributed by atoms with van der Waals surface area (Å²) in [5.41, 5.74) is 5.76. The van der Waals surface area contributed by atoms with E-state index in [0.717, 1.165) is 0 Å². The van der Waals surface area contributed by atoms with Gasteiger partial charge in [0.2, 0.25) is 0 Å². The summed E-state index contributed by atoms with van der Waals surface area (Å²) in [6, 6.07) is 4.12. The average molecular weight is 273 g/mol. The molecule has 1 atom stereocenters. The largest absolute Gasteiger partial charge is 0.506 e. The van der Waals surface area contributed by atoms with E-state index in [1.165, 1.54) is 18.2 Å². The summed E-state index contributed by atoms with van der Waals surface area (Å²) >= 11 is 10.5. The highest BCUT2D eigenvalue weighted by Crippen LogP contribution is 2.23. The second-order valence-corrected chi connectivity index (χ2v) is 4.64. The third-order valence-electron chi connectivity index (χ3n) is 2.09. The van der Waals surface area contributed by atoms with Crippen LogP contribution in [-0.2, 0) is 0 Å². The monoisotopic (exact) mass is 272 g/mol. The van der Waals surface area contributed by atoms with Gasteiger partial charge in [-0.2, -0.15) is 0 Å². The summed E-state index contributed by atoms with van der Waals surface area (Å²) in [4.78, 5) is 12.1. The normalized spacial score (nSPS) is 11.9. The number of halogens is 1. The van der Waals surface area contributed by atoms with Crippen LogP contribution in [0.5, 0.6) is 5.75 Å². The topological polar surface area (TPSA) is 75.3 Å². The molecule has 0 spiro atoms. The van der Waals surface area contributed by atoms with Crippen molar-refractivity contribution in [3.8, 4) is 5.75 Å². The third kappa shape index (κ3) is 4.20. The van der Waals surface area contributed by atoms with Crippen LogP contribution in [0.2, 0.25) is 5.02 Å². The van der Waals surface area contributed by atoms with Gasteiger partial charge < -0.3 is 16.2 Å². The number of phenols is 1. The van der Waals surface area contributed by atoms with E-state index in [1.807, 2.05) is 0 Å². The van der Waals surface area contributed by atoms with E-state index in [0.29, 0.717) is 17.0 Å². The van der Waals surface area contributed by atoms with Crippen LogP contribution in [0.3, 0.4) is 0 Å². The lowest BCUT2D eigenvalue weighted by atomic mass is 10.1. The quantitative estimate of drug-likeness (QED) is 0.731. The first-order valence-corrected chi connectivity index (χ1v) is 5.76. The van der Waals surface area contributed by atoms with Gasteiger partial charge in [-0.25, -0.2) is 0 Å². The molecule has 17 heavy (non-hydrogen) atoms. The van der Waals surface area contributed by atoms with Gasteiger partial charge in [-0.05, 0) is 25.1 Å². The molecule has 0 heterocycles. The number of hydrogen-bond acceptors (Lipinski definition) is 3. The summed E-state index contributed by atoms with van der Waals surface area (Å²) in [5.74, 6) is -0.338. The molecule has 0 saturated heterocycles. The van der Waals surface area contributed by atoms with Gasteiger partial charge in [0.15, 0.2) is 0 Å². The summed E-state index contributed by atoms with van der Waals surface area (Å²) in [5, 5.41) is 12.1. The number of rotatable bonds is 4. The molecule has 0 bridgehead atoms. The van der Waals surface area contributed by atoms with Crippen LogP contribution in [0, 0.1) is 0 Å². The number of carbonyl (C=O) groups excluding carboxylic acids is 1. The molecule has 1 amide bonds. The predicted molar refractivity (Wildman–Crippen MR) is 71.4 cm³/mol. The highest BCUT2D eigenvalue weighted by Gasteiger charge is 2.11. The van der Waals surface area contributed by atoms with Crippen molar-refractivity contribution in [3.63, 3.8) is 0 Å². The zero-order valence-corrected chi connectivity index (χ0v) is 10.8. The van der Waals surface area contributed by atoms with Crippen LogP contribution in [0.4, 0.5) is 0 Å². The summed E-state index contributed by atoms with van der Waals surface area (Å²) in [6.45, 7) is 1.80. The molecule has 6 heteroatoms. The smallest absolute Gasteiger partial charge is 0.251 e. The first kappa shape index (κ1) is 13.7. The number of amides is 1. The van der Waals surface area contributed by atoms with Gasteiger partial charge in [-0.15, -0.1) is 0 Å². The van der Waals surface area contributed by atoms with E-state index in [1.54, 1.807) is 6.92 Å². The molecule has 4 nitrogen and oxygen atoms in total. The van der Waals surface area contributed by atoms with Crippen molar-refractivity contribution in [1.29, 1.82) is 0 Å². The minimum atomic E-state index is -0.282. The number of phenolic OH excluding ortho intramolecular Hbond substituents is 1. The zero-order chi connectivity index (χ0) is 13.0. The Morgan fingerprint density at radius 3 is 2.82 bits per heavy atom. The molecule has 0 fully saturated rings. The van der Waals surface area contributed by atoms with Crippen molar-refractivity contribution >= 4 is 34.7 Å². The van der Waals surface area contributed by atoms with Gasteiger partial charge in [0.05, 0.1) is 10.0 Å². The van der Waals surface area contributed by atoms with E-state index in [9.17, 15) is 9.90 Å². The highest BCUT2D eigenvalue weighted by atomic mass is 35.5. The number of nitrogens with two attached hydrogens (primary N) is 1. The van der Waals surface area contributed by atoms with Crippen LogP contribution < -0.4 is 11.1 Å². The molecule has 1 unspecified atom stereocenters. The number of hydrogen-bond donors (Lipinski definition) is 3. The Morgan fingerprint density at radius 2 is 2.29 bits per heavy atom. The fourth-order valence-corrected chi connectivity index (χ4v) is 1.74. The van der Waals surface area contributed by atoms with Crippen molar-refractivity contribution in [2.45, 2.75) is 19.4 Å². The number of benzene rings is 1. The number of carbonyl (C=O) groups is 1. The molecule has 0 aliphatic rings. The fourth-order valence-electron chi connectivity index (χ4n) is 1.31. The lowest BCUT2D eigenvalue weighted by molar-refractivity contribution is 0.0941. The first-order chi connectivity index (χ1) is 7.90. The van der Waals surface area contributed by atoms with Gasteiger partial charge >= 0.3 is 0 Å². The molecular formula is C11H13ClN2O2S. The molecule has 4 N–H and O–H groups in total. The molecule has 0 aliphatic carbocycles. The van der Waals surface area contributed by atoms with Crippen LogP contribution in [0.15, 0.2) is 18.2 Å². The van der Waals surface area contributed by atoms with E-state index < -0.39 is 0 Å². The van der Waals surface area contributed by atoms with Crippen molar-refractivity contribution in [2.24, 2.45) is 5.73 Å². The zero-order valence-electron chi connectivity index (χ0n) is 9.24. The molecule has 92 valence electrons. The van der Waals surface area contributed by atoms with Crippen molar-refractivity contribution in [2.75, 3.05) is 0 Å². The summed E-state index contributed by atoms with van der Waals surface area (Å²) in [6.07, 6.45) is 0.437. The van der Waals surface area contributed by atoms with E-state index in [2.05, 4.69) is 5.32 Å². The maximum Gasteiger partial charge on any atom is 0.251 e. The number of aromatic hydroxyl groups is 1. The third-order valence-corrected chi connectivity index (χ3v) is 2.56. The van der Waals surface area contributed by atoms with E-state index in [4.69, 9.17) is 29.6 Å². The number of thiocarbonyl (C=S) groups is 1. The Hall–Kier alpha value is -1.33. The molecule has 0 radical (unpaired) electrons. The molecule has 1 aromatic rings. The van der Waals surface area contributed by atoms with Crippen molar-refractivity contribution in [3.05, 3.63) is 28.8 Å². The van der Waals surface area contributed by atoms with Gasteiger partial charge in [-0.1, -0.05) is 23.8 Å². The molecule has 1 rings (SSSR count). The number of nitrogens with one attached hydrogen (secondary N) is 1. The van der Waals surface area contributed by atoms with Gasteiger partial charge in [-0.3, -0.25) is 4.79 Å². The van der Waals surface area contributed by atoms with Crippen LogP contribution in [-0.4, -0.2) is 22.0 Å². The Balaban J connectivity index is 2.70. The van der Waals surface area contributed by atoms with Gasteiger partial charge in [0.1, 0.15) is 5.75 Å². The summed E-state index contributed by atoms with van der Waals surface area (Å²) in [7, 11) is 0. The Labute approximate surface area is 110 Å². The molecule has 1 aromatic carbocycles. The Bertz CT molecular complexity index is 451. The van der Waals surface area contributed by atoms with Crippen LogP contribution >= 0.6 is 23.8 Å². The molecule has 0 aromatic heterocycles. The van der Waals surface area contributed by atoms with E-state index >= 15 is 0 Å². The minimum Gasteiger partial charge on any atom is -0.506 e. The van der Waals surface area contributed by atoms with Crippen LogP contribution in [0.25, 0.3) is 0 Å². The second-order valence-electron chi connectivity index (χ2n) is 3.71. The summed E-state index contributed by atoms with van der Waals surface area (Å²) < 4.78 is 0. The maximum absolute atomic E-state index is 11.8. The fraction of sp³-hybridized carbons (Fsp3) is 0.273. The standard InChI is InChI=1S/C11H13ClN2O2S/c1-6(4-10(13)17)14-11(16)7-2-3-9(15)8(12)5-7/h2-3,5-6,15H,4H2,1H3,(H2,13,17)(H,14,16). The molecule has 0 aliphatic heterocycles. The predicted octanol–water partition coefficient (Wildman–Crippen LogP) is 1.84. The Kier molecular flexibility index (Phi) is 4.72.